The lowest BCUT2D eigenvalue weighted by Crippen LogP contribution is -2.54. The molecule has 0 aromatic rings. The second kappa shape index (κ2) is 4.46. The van der Waals surface area contributed by atoms with Crippen LogP contribution in [0.25, 0.3) is 4.85 Å². The van der Waals surface area contributed by atoms with Gasteiger partial charge in [-0.1, -0.05) is 0 Å². The molecule has 3 fully saturated rings. The van der Waals surface area contributed by atoms with Crippen molar-refractivity contribution in [2.24, 2.45) is 0 Å². The topological polar surface area (TPSA) is 52.3 Å². The third-order valence-corrected chi connectivity index (χ3v) is 4.27. The molecule has 2 bridgehead atoms. The monoisotopic (exact) mass is 253 g/mol. The summed E-state index contributed by atoms with van der Waals surface area (Å²) in [7, 11) is 0. The normalized spacial score (nSPS) is 48.3. The van der Waals surface area contributed by atoms with Crippen LogP contribution in [0.15, 0.2) is 0 Å². The highest BCUT2D eigenvalue weighted by atomic mass is 16.7. The maximum Gasteiger partial charge on any atom is 0.223 e. The summed E-state index contributed by atoms with van der Waals surface area (Å²) < 4.78 is 17.3. The maximum absolute atomic E-state index is 9.65. The summed E-state index contributed by atoms with van der Waals surface area (Å²) in [5.74, 6) is 0. The number of aliphatic hydroxyl groups is 1. The van der Waals surface area contributed by atoms with Crippen molar-refractivity contribution in [2.45, 2.75) is 68.9 Å². The number of ether oxygens (including phenoxy) is 3. The Kier molecular flexibility index (Phi) is 3.07. The fraction of sp³-hybridized carbons (Fsp3) is 0.923. The fourth-order valence-corrected chi connectivity index (χ4v) is 3.33. The highest BCUT2D eigenvalue weighted by Crippen LogP contribution is 2.46. The fourth-order valence-electron chi connectivity index (χ4n) is 3.33. The van der Waals surface area contributed by atoms with Crippen LogP contribution in [0.4, 0.5) is 0 Å². The molecule has 5 nitrogen and oxygen atoms in total. The Morgan fingerprint density at radius 1 is 1.50 bits per heavy atom. The van der Waals surface area contributed by atoms with Crippen LogP contribution in [0.1, 0.15) is 32.6 Å². The van der Waals surface area contributed by atoms with Gasteiger partial charge in [0.05, 0.1) is 18.8 Å². The molecule has 3 heterocycles. The van der Waals surface area contributed by atoms with Gasteiger partial charge in [-0.05, 0) is 12.8 Å². The molecule has 0 saturated carbocycles. The molecule has 18 heavy (non-hydrogen) atoms. The Balaban J connectivity index is 1.69. The predicted molar refractivity (Wildman–Crippen MR) is 62.8 cm³/mol. The van der Waals surface area contributed by atoms with Crippen molar-refractivity contribution >= 4 is 0 Å². The van der Waals surface area contributed by atoms with Crippen molar-refractivity contribution < 1.29 is 19.3 Å². The van der Waals surface area contributed by atoms with Gasteiger partial charge in [0.2, 0.25) is 6.04 Å². The average molecular weight is 253 g/mol. The molecular weight excluding hydrogens is 234 g/mol. The quantitative estimate of drug-likeness (QED) is 0.749. The first-order valence-electron chi connectivity index (χ1n) is 6.62. The molecular formula is C13H19NO4. The maximum atomic E-state index is 9.65. The number of nitrogens with zero attached hydrogens (tertiary/aromatic N) is 1. The van der Waals surface area contributed by atoms with Gasteiger partial charge in [-0.3, -0.25) is 0 Å². The smallest absolute Gasteiger partial charge is 0.223 e. The number of hydrogen-bond donors (Lipinski definition) is 1. The third kappa shape index (κ3) is 1.94. The van der Waals surface area contributed by atoms with Crippen molar-refractivity contribution in [2.75, 3.05) is 6.61 Å². The first-order chi connectivity index (χ1) is 8.63. The molecule has 1 spiro atoms. The first-order valence-corrected chi connectivity index (χ1v) is 6.62. The van der Waals surface area contributed by atoms with Gasteiger partial charge in [-0.25, -0.2) is 6.57 Å². The van der Waals surface area contributed by atoms with Crippen LogP contribution >= 0.6 is 0 Å². The summed E-state index contributed by atoms with van der Waals surface area (Å²) in [6.07, 6.45) is 2.43. The Bertz CT molecular complexity index is 368. The molecule has 1 unspecified atom stereocenters. The van der Waals surface area contributed by atoms with Gasteiger partial charge in [0.25, 0.3) is 0 Å². The van der Waals surface area contributed by atoms with E-state index in [2.05, 4.69) is 4.85 Å². The third-order valence-electron chi connectivity index (χ3n) is 4.27. The summed E-state index contributed by atoms with van der Waals surface area (Å²) in [6.45, 7) is 9.35. The number of aliphatic hydroxyl groups excluding tert-OH is 1. The van der Waals surface area contributed by atoms with Crippen molar-refractivity contribution in [3.63, 3.8) is 0 Å². The SMILES string of the molecule is [C-]#[N+][C@H](C)CC1CC[C@@H]2O[C@@H]3C[C@]2(CO[C@H]3O)O1. The second-order valence-corrected chi connectivity index (χ2v) is 5.66. The number of rotatable bonds is 2. The Morgan fingerprint density at radius 3 is 3.11 bits per heavy atom. The zero-order valence-corrected chi connectivity index (χ0v) is 10.5. The van der Waals surface area contributed by atoms with E-state index in [1.165, 1.54) is 0 Å². The Hall–Kier alpha value is -0.670. The molecule has 0 aromatic heterocycles. The van der Waals surface area contributed by atoms with Crippen LogP contribution in [0, 0.1) is 6.57 Å². The predicted octanol–water partition coefficient (Wildman–Crippen LogP) is 1.11. The molecule has 0 radical (unpaired) electrons. The van der Waals surface area contributed by atoms with E-state index >= 15 is 0 Å². The molecule has 6 atom stereocenters. The van der Waals surface area contributed by atoms with Gasteiger partial charge in [-0.2, -0.15) is 0 Å². The number of hydrogen-bond acceptors (Lipinski definition) is 4. The van der Waals surface area contributed by atoms with Crippen LogP contribution in [-0.4, -0.2) is 48.0 Å². The highest BCUT2D eigenvalue weighted by Gasteiger charge is 2.58. The Labute approximate surface area is 107 Å². The van der Waals surface area contributed by atoms with Gasteiger partial charge < -0.3 is 24.2 Å². The second-order valence-electron chi connectivity index (χ2n) is 5.66. The minimum Gasteiger partial charge on any atom is -0.366 e. The van der Waals surface area contributed by atoms with Crippen LogP contribution in [0.3, 0.4) is 0 Å². The minimum absolute atomic E-state index is 0.00355. The van der Waals surface area contributed by atoms with Gasteiger partial charge in [-0.15, -0.1) is 0 Å². The van der Waals surface area contributed by atoms with Crippen LogP contribution < -0.4 is 0 Å². The summed E-state index contributed by atoms with van der Waals surface area (Å²) in [5.41, 5.74) is -0.380. The lowest BCUT2D eigenvalue weighted by Gasteiger charge is -2.42. The van der Waals surface area contributed by atoms with Crippen molar-refractivity contribution in [1.82, 2.24) is 0 Å². The number of fused-ring (bicyclic) bond motifs is 1. The molecule has 3 aliphatic rings. The van der Waals surface area contributed by atoms with Crippen molar-refractivity contribution in [3.05, 3.63) is 11.4 Å². The highest BCUT2D eigenvalue weighted by molar-refractivity contribution is 5.04. The van der Waals surface area contributed by atoms with E-state index in [0.29, 0.717) is 13.0 Å². The summed E-state index contributed by atoms with van der Waals surface area (Å²) in [5, 5.41) is 9.65. The largest absolute Gasteiger partial charge is 0.366 e. The van der Waals surface area contributed by atoms with E-state index in [4.69, 9.17) is 20.8 Å². The molecule has 100 valence electrons. The molecule has 3 saturated heterocycles. The summed E-state index contributed by atoms with van der Waals surface area (Å²) in [6, 6.07) is -0.00355. The standard InChI is InChI=1S/C13H19NO4/c1-8(14-2)5-9-3-4-11-13(18-9)6-10(17-11)12(15)16-7-13/h8-12,15H,3-7H2,1H3/t8-,9?,10-,11+,12-,13-/m1/s1. The zero-order valence-electron chi connectivity index (χ0n) is 10.5. The lowest BCUT2D eigenvalue weighted by molar-refractivity contribution is -0.223. The van der Waals surface area contributed by atoms with Crippen LogP contribution in [0.5, 0.6) is 0 Å². The molecule has 0 aliphatic carbocycles. The summed E-state index contributed by atoms with van der Waals surface area (Å²) >= 11 is 0. The van der Waals surface area contributed by atoms with Crippen LogP contribution in [-0.2, 0) is 14.2 Å². The first kappa shape index (κ1) is 12.4. The Morgan fingerprint density at radius 2 is 2.33 bits per heavy atom. The van der Waals surface area contributed by atoms with E-state index in [1.807, 2.05) is 6.92 Å². The molecule has 3 aliphatic heterocycles. The van der Waals surface area contributed by atoms with E-state index < -0.39 is 6.29 Å². The zero-order chi connectivity index (χ0) is 12.8. The molecule has 5 heteroatoms. The average Bonchev–Trinajstić information content (AvgIpc) is 2.68. The molecule has 0 aromatic carbocycles. The molecule has 3 rings (SSSR count). The van der Waals surface area contributed by atoms with E-state index in [-0.39, 0.29) is 30.0 Å². The summed E-state index contributed by atoms with van der Waals surface area (Å²) in [4.78, 5) is 3.53. The van der Waals surface area contributed by atoms with Gasteiger partial charge in [0.1, 0.15) is 11.7 Å². The van der Waals surface area contributed by atoms with Gasteiger partial charge in [0, 0.05) is 19.8 Å². The van der Waals surface area contributed by atoms with E-state index in [1.54, 1.807) is 0 Å². The minimum atomic E-state index is -0.814. The van der Waals surface area contributed by atoms with Crippen molar-refractivity contribution in [1.29, 1.82) is 0 Å². The van der Waals surface area contributed by atoms with Gasteiger partial charge >= 0.3 is 0 Å². The van der Waals surface area contributed by atoms with Crippen LogP contribution in [0.2, 0.25) is 0 Å². The van der Waals surface area contributed by atoms with E-state index in [0.717, 1.165) is 19.3 Å². The molecule has 0 amide bonds. The van der Waals surface area contributed by atoms with E-state index in [9.17, 15) is 5.11 Å². The lowest BCUT2D eigenvalue weighted by atomic mass is 9.85. The van der Waals surface area contributed by atoms with Crippen molar-refractivity contribution in [3.8, 4) is 0 Å². The molecule has 1 N–H and O–H groups in total. The van der Waals surface area contributed by atoms with Gasteiger partial charge in [0.15, 0.2) is 6.29 Å².